The van der Waals surface area contributed by atoms with E-state index in [1.54, 1.807) is 13.0 Å². The van der Waals surface area contributed by atoms with E-state index in [-0.39, 0.29) is 28.0 Å². The van der Waals surface area contributed by atoms with Crippen molar-refractivity contribution in [1.82, 2.24) is 0 Å². The van der Waals surface area contributed by atoms with Gasteiger partial charge in [-0.1, -0.05) is 19.9 Å². The second-order valence-corrected chi connectivity index (χ2v) is 4.69. The lowest BCUT2D eigenvalue weighted by Crippen LogP contribution is -2.04. The molecule has 1 aromatic heterocycles. The van der Waals surface area contributed by atoms with E-state index in [2.05, 4.69) is 5.32 Å². The summed E-state index contributed by atoms with van der Waals surface area (Å²) in [5.74, 6) is -2.86. The topological polar surface area (TPSA) is 51.2 Å². The summed E-state index contributed by atoms with van der Waals surface area (Å²) < 4.78 is 46.9. The highest BCUT2D eigenvalue weighted by Crippen LogP contribution is 2.37. The van der Waals surface area contributed by atoms with E-state index in [4.69, 9.17) is 10.2 Å². The lowest BCUT2D eigenvalue weighted by molar-refractivity contribution is 0.518. The molecule has 23 heavy (non-hydrogen) atoms. The van der Waals surface area contributed by atoms with Gasteiger partial charge in [0.25, 0.3) is 0 Å². The van der Waals surface area contributed by atoms with Crippen LogP contribution in [-0.4, -0.2) is 0 Å². The maximum atomic E-state index is 14.1. The van der Waals surface area contributed by atoms with Gasteiger partial charge in [0.2, 0.25) is 0 Å². The van der Waals surface area contributed by atoms with E-state index in [0.717, 1.165) is 0 Å². The summed E-state index contributed by atoms with van der Waals surface area (Å²) >= 11 is 0. The van der Waals surface area contributed by atoms with Gasteiger partial charge >= 0.3 is 0 Å². The fourth-order valence-corrected chi connectivity index (χ4v) is 2.13. The molecule has 0 aliphatic carbocycles. The van der Waals surface area contributed by atoms with E-state index in [0.29, 0.717) is 5.56 Å². The van der Waals surface area contributed by atoms with Crippen LogP contribution in [0.25, 0.3) is 11.0 Å². The Morgan fingerprint density at radius 1 is 1.04 bits per heavy atom. The molecule has 0 spiro atoms. The minimum absolute atomic E-state index is 0.00324. The van der Waals surface area contributed by atoms with Crippen molar-refractivity contribution in [3.05, 3.63) is 53.5 Å². The molecule has 0 aliphatic rings. The number of nitrogens with two attached hydrogens (primary N) is 1. The Balaban J connectivity index is 0.000000924. The first kappa shape index (κ1) is 16.7. The van der Waals surface area contributed by atoms with Crippen LogP contribution in [0.1, 0.15) is 19.4 Å². The van der Waals surface area contributed by atoms with Crippen molar-refractivity contribution in [2.24, 2.45) is 0 Å². The third-order valence-corrected chi connectivity index (χ3v) is 3.21. The highest BCUT2D eigenvalue weighted by molar-refractivity contribution is 5.96. The first-order valence-corrected chi connectivity index (χ1v) is 7.16. The van der Waals surface area contributed by atoms with Gasteiger partial charge < -0.3 is 15.5 Å². The van der Waals surface area contributed by atoms with Crippen LogP contribution in [-0.2, 0) is 0 Å². The number of benzene rings is 2. The van der Waals surface area contributed by atoms with Crippen LogP contribution >= 0.6 is 0 Å². The summed E-state index contributed by atoms with van der Waals surface area (Å²) in [5.41, 5.74) is 6.03. The maximum absolute atomic E-state index is 14.1. The standard InChI is InChI=1S/C15H11F3N2O.C2H6/c1-7-2-3-10(9(16)6-7)20-14-12(18)11(17)8-4-5-21-15(8)13(14)19;1-2/h2-6,20H,19H2,1H3;1-2H3. The maximum Gasteiger partial charge on any atom is 0.185 e. The van der Waals surface area contributed by atoms with Crippen molar-refractivity contribution in [1.29, 1.82) is 0 Å². The number of nitrogens with one attached hydrogen (secondary N) is 1. The molecule has 3 rings (SSSR count). The van der Waals surface area contributed by atoms with Gasteiger partial charge in [-0.15, -0.1) is 0 Å². The number of rotatable bonds is 2. The first-order chi connectivity index (χ1) is 11.0. The van der Waals surface area contributed by atoms with Crippen molar-refractivity contribution >= 4 is 28.0 Å². The highest BCUT2D eigenvalue weighted by Gasteiger charge is 2.21. The predicted octanol–water partition coefficient (Wildman–Crippen LogP) is 5.51. The van der Waals surface area contributed by atoms with E-state index in [1.807, 2.05) is 13.8 Å². The van der Waals surface area contributed by atoms with Gasteiger partial charge in [0.05, 0.1) is 17.3 Å². The van der Waals surface area contributed by atoms with Crippen molar-refractivity contribution in [2.45, 2.75) is 20.8 Å². The summed E-state index contributed by atoms with van der Waals surface area (Å²) in [4.78, 5) is 0. The molecule has 0 radical (unpaired) electrons. The summed E-state index contributed by atoms with van der Waals surface area (Å²) in [6.45, 7) is 5.72. The Hall–Kier alpha value is -2.63. The number of halogens is 3. The Bertz CT molecular complexity index is 843. The van der Waals surface area contributed by atoms with Crippen LogP contribution in [0.15, 0.2) is 34.9 Å². The number of fused-ring (bicyclic) bond motifs is 1. The fourth-order valence-electron chi connectivity index (χ4n) is 2.13. The molecule has 3 N–H and O–H groups in total. The summed E-state index contributed by atoms with van der Waals surface area (Å²) in [6.07, 6.45) is 1.21. The summed E-state index contributed by atoms with van der Waals surface area (Å²) in [5, 5.41) is 2.43. The molecule has 0 unspecified atom stereocenters. The average molecular weight is 322 g/mol. The molecule has 2 aromatic carbocycles. The molecule has 122 valence electrons. The third kappa shape index (κ3) is 2.97. The lowest BCUT2D eigenvalue weighted by Gasteiger charge is -2.12. The summed E-state index contributed by atoms with van der Waals surface area (Å²) in [6, 6.07) is 5.62. The largest absolute Gasteiger partial charge is 0.462 e. The second-order valence-electron chi connectivity index (χ2n) is 4.69. The number of nitrogen functional groups attached to an aromatic ring is 1. The van der Waals surface area contributed by atoms with Gasteiger partial charge in [0.1, 0.15) is 17.2 Å². The molecule has 0 amide bonds. The number of hydrogen-bond donors (Lipinski definition) is 2. The van der Waals surface area contributed by atoms with Crippen LogP contribution < -0.4 is 11.1 Å². The smallest absolute Gasteiger partial charge is 0.185 e. The van der Waals surface area contributed by atoms with Gasteiger partial charge in [-0.25, -0.2) is 13.2 Å². The molecule has 3 aromatic rings. The van der Waals surface area contributed by atoms with E-state index in [1.165, 1.54) is 24.5 Å². The number of aryl methyl sites for hydroxylation is 1. The molecular weight excluding hydrogens is 305 g/mol. The zero-order chi connectivity index (χ0) is 17.1. The van der Waals surface area contributed by atoms with Crippen LogP contribution in [0.5, 0.6) is 0 Å². The first-order valence-electron chi connectivity index (χ1n) is 7.16. The van der Waals surface area contributed by atoms with Gasteiger partial charge in [-0.05, 0) is 30.7 Å². The Kier molecular flexibility index (Phi) is 4.83. The molecule has 0 aliphatic heterocycles. The Morgan fingerprint density at radius 2 is 1.74 bits per heavy atom. The lowest BCUT2D eigenvalue weighted by atomic mass is 10.1. The minimum atomic E-state index is -1.18. The quantitative estimate of drug-likeness (QED) is 0.612. The predicted molar refractivity (Wildman–Crippen MR) is 86.3 cm³/mol. The van der Waals surface area contributed by atoms with E-state index < -0.39 is 17.5 Å². The monoisotopic (exact) mass is 322 g/mol. The van der Waals surface area contributed by atoms with Gasteiger partial charge in [0, 0.05) is 0 Å². The number of furan rings is 1. The van der Waals surface area contributed by atoms with Crippen LogP contribution in [0, 0.1) is 24.4 Å². The molecule has 0 bridgehead atoms. The second kappa shape index (κ2) is 6.64. The zero-order valence-corrected chi connectivity index (χ0v) is 13.0. The average Bonchev–Trinajstić information content (AvgIpc) is 3.03. The van der Waals surface area contributed by atoms with Gasteiger partial charge in [-0.2, -0.15) is 0 Å². The minimum Gasteiger partial charge on any atom is -0.462 e. The molecule has 6 heteroatoms. The molecule has 0 atom stereocenters. The summed E-state index contributed by atoms with van der Waals surface area (Å²) in [7, 11) is 0. The Morgan fingerprint density at radius 3 is 2.39 bits per heavy atom. The number of anilines is 3. The molecule has 0 saturated heterocycles. The molecule has 0 saturated carbocycles. The normalized spacial score (nSPS) is 10.3. The fraction of sp³-hybridized carbons (Fsp3) is 0.176. The van der Waals surface area contributed by atoms with Crippen molar-refractivity contribution in [2.75, 3.05) is 11.1 Å². The molecule has 1 heterocycles. The van der Waals surface area contributed by atoms with Crippen molar-refractivity contribution < 1.29 is 17.6 Å². The van der Waals surface area contributed by atoms with Crippen molar-refractivity contribution in [3.8, 4) is 0 Å². The zero-order valence-electron chi connectivity index (χ0n) is 13.0. The van der Waals surface area contributed by atoms with Gasteiger partial charge in [0.15, 0.2) is 17.2 Å². The Labute approximate surface area is 131 Å². The number of hydrogen-bond acceptors (Lipinski definition) is 3. The van der Waals surface area contributed by atoms with E-state index >= 15 is 0 Å². The molecule has 0 fully saturated rings. The van der Waals surface area contributed by atoms with Crippen molar-refractivity contribution in [3.63, 3.8) is 0 Å². The molecule has 3 nitrogen and oxygen atoms in total. The SMILES string of the molecule is CC.Cc1ccc(Nc2c(F)c(F)c3ccoc3c2N)c(F)c1. The van der Waals surface area contributed by atoms with Crippen LogP contribution in [0.4, 0.5) is 30.2 Å². The highest BCUT2D eigenvalue weighted by atomic mass is 19.2. The van der Waals surface area contributed by atoms with Crippen LogP contribution in [0.3, 0.4) is 0 Å². The molecular formula is C17H17F3N2O. The van der Waals surface area contributed by atoms with Gasteiger partial charge in [-0.3, -0.25) is 0 Å². The van der Waals surface area contributed by atoms with Crippen LogP contribution in [0.2, 0.25) is 0 Å². The van der Waals surface area contributed by atoms with E-state index in [9.17, 15) is 13.2 Å². The third-order valence-electron chi connectivity index (χ3n) is 3.21.